The molecule has 0 aliphatic carbocycles. The average molecular weight is 485 g/mol. The van der Waals surface area contributed by atoms with E-state index in [0.29, 0.717) is 0 Å². The number of aryl methyl sites for hydroxylation is 1. The molecule has 9 heteroatoms. The summed E-state index contributed by atoms with van der Waals surface area (Å²) in [6.45, 7) is 8.44. The summed E-state index contributed by atoms with van der Waals surface area (Å²) >= 11 is 0. The number of pyridine rings is 3. The Balaban J connectivity index is 1.51. The van der Waals surface area contributed by atoms with Gasteiger partial charge in [0.25, 0.3) is 5.56 Å². The minimum Gasteiger partial charge on any atom is -0.364 e. The summed E-state index contributed by atoms with van der Waals surface area (Å²) in [5, 5.41) is 16.0. The fourth-order valence-corrected chi connectivity index (χ4v) is 5.46. The maximum Gasteiger partial charge on any atom is 0.252 e. The second-order valence-corrected chi connectivity index (χ2v) is 9.63. The van der Waals surface area contributed by atoms with E-state index in [-0.39, 0.29) is 30.2 Å². The summed E-state index contributed by atoms with van der Waals surface area (Å²) in [4.78, 5) is 26.9. The van der Waals surface area contributed by atoms with E-state index in [9.17, 15) is 4.79 Å². The first-order chi connectivity index (χ1) is 17.4. The summed E-state index contributed by atoms with van der Waals surface area (Å²) < 4.78 is 3.22. The van der Waals surface area contributed by atoms with Crippen molar-refractivity contribution in [3.05, 3.63) is 59.0 Å². The molecule has 5 heterocycles. The van der Waals surface area contributed by atoms with Crippen molar-refractivity contribution in [2.24, 2.45) is 7.05 Å². The minimum atomic E-state index is -0.0679. The molecule has 0 saturated carbocycles. The van der Waals surface area contributed by atoms with Gasteiger partial charge in [0.15, 0.2) is 0 Å². The first kappa shape index (κ1) is 23.9. The quantitative estimate of drug-likeness (QED) is 0.412. The normalized spacial score (nSPS) is 19.6. The van der Waals surface area contributed by atoms with Gasteiger partial charge in [-0.25, -0.2) is 0 Å². The molecule has 1 unspecified atom stereocenters. The average Bonchev–Trinajstić information content (AvgIpc) is 3.33. The van der Waals surface area contributed by atoms with E-state index in [4.69, 9.17) is 15.3 Å². The number of nitriles is 1. The molecule has 0 aromatic carbocycles. The van der Waals surface area contributed by atoms with Crippen molar-refractivity contribution in [1.29, 1.82) is 5.26 Å². The lowest BCUT2D eigenvalue weighted by Gasteiger charge is -2.49. The van der Waals surface area contributed by atoms with E-state index in [2.05, 4.69) is 47.7 Å². The van der Waals surface area contributed by atoms with Crippen LogP contribution in [0.25, 0.3) is 21.8 Å². The van der Waals surface area contributed by atoms with Crippen LogP contribution in [0.4, 0.5) is 5.69 Å². The molecule has 4 aromatic rings. The monoisotopic (exact) mass is 484 g/mol. The van der Waals surface area contributed by atoms with Gasteiger partial charge in [-0.2, -0.15) is 10.4 Å². The molecule has 0 bridgehead atoms. The third kappa shape index (κ3) is 4.11. The Hall–Kier alpha value is -3.77. The highest BCUT2D eigenvalue weighted by Gasteiger charge is 2.36. The molecule has 186 valence electrons. The number of hydrogen-bond acceptors (Lipinski definition) is 7. The van der Waals surface area contributed by atoms with Gasteiger partial charge in [-0.15, -0.1) is 0 Å². The van der Waals surface area contributed by atoms with Crippen LogP contribution < -0.4 is 10.5 Å². The Morgan fingerprint density at radius 3 is 2.69 bits per heavy atom. The van der Waals surface area contributed by atoms with Crippen molar-refractivity contribution in [1.82, 2.24) is 29.2 Å². The van der Waals surface area contributed by atoms with Gasteiger partial charge in [0, 0.05) is 73.7 Å². The lowest BCUT2D eigenvalue weighted by Crippen LogP contribution is -2.58. The fourth-order valence-electron chi connectivity index (χ4n) is 5.46. The van der Waals surface area contributed by atoms with E-state index in [1.165, 1.54) is 0 Å². The van der Waals surface area contributed by atoms with Gasteiger partial charge in [0.05, 0.1) is 29.2 Å². The van der Waals surface area contributed by atoms with Crippen molar-refractivity contribution in [2.45, 2.75) is 58.3 Å². The van der Waals surface area contributed by atoms with Gasteiger partial charge < -0.3 is 9.47 Å². The third-order valence-electron chi connectivity index (χ3n) is 7.63. The first-order valence-corrected chi connectivity index (χ1v) is 12.6. The Morgan fingerprint density at radius 1 is 1.14 bits per heavy atom. The second kappa shape index (κ2) is 9.70. The van der Waals surface area contributed by atoms with Crippen LogP contribution in [0.2, 0.25) is 0 Å². The van der Waals surface area contributed by atoms with Crippen molar-refractivity contribution >= 4 is 27.5 Å². The van der Waals surface area contributed by atoms with Crippen LogP contribution in [-0.2, 0) is 13.6 Å². The smallest absolute Gasteiger partial charge is 0.252 e. The van der Waals surface area contributed by atoms with Gasteiger partial charge >= 0.3 is 0 Å². The number of hydrogen-bond donors (Lipinski definition) is 0. The highest BCUT2D eigenvalue weighted by Crippen LogP contribution is 2.34. The molecule has 5 rings (SSSR count). The van der Waals surface area contributed by atoms with E-state index >= 15 is 0 Å². The van der Waals surface area contributed by atoms with Gasteiger partial charge in [0.2, 0.25) is 0 Å². The van der Waals surface area contributed by atoms with E-state index < -0.39 is 0 Å². The molecule has 1 saturated heterocycles. The predicted octanol–water partition coefficient (Wildman–Crippen LogP) is 3.64. The minimum absolute atomic E-state index is 0.0679. The molecule has 0 radical (unpaired) electrons. The fraction of sp³-hybridized carbons (Fsp3) is 0.444. The van der Waals surface area contributed by atoms with Gasteiger partial charge in [-0.05, 0) is 31.9 Å². The molecule has 3 atom stereocenters. The topological polar surface area (TPSA) is 95.9 Å². The van der Waals surface area contributed by atoms with Gasteiger partial charge in [-0.3, -0.25) is 24.3 Å². The van der Waals surface area contributed by atoms with Crippen LogP contribution in [0, 0.1) is 11.3 Å². The summed E-state index contributed by atoms with van der Waals surface area (Å²) in [5.74, 6) is 0. The van der Waals surface area contributed by atoms with Crippen LogP contribution >= 0.6 is 0 Å². The van der Waals surface area contributed by atoms with Crippen LogP contribution in [0.3, 0.4) is 0 Å². The van der Waals surface area contributed by atoms with E-state index in [1.54, 1.807) is 34.8 Å². The highest BCUT2D eigenvalue weighted by atomic mass is 16.1. The van der Waals surface area contributed by atoms with Gasteiger partial charge in [0.1, 0.15) is 12.1 Å². The molecule has 36 heavy (non-hydrogen) atoms. The number of rotatable bonds is 6. The second-order valence-electron chi connectivity index (χ2n) is 9.63. The summed E-state index contributed by atoms with van der Waals surface area (Å²) in [5.41, 5.74) is 3.36. The lowest BCUT2D eigenvalue weighted by atomic mass is 9.98. The Bertz CT molecular complexity index is 1500. The molecular weight excluding hydrogens is 452 g/mol. The maximum absolute atomic E-state index is 12.9. The Morgan fingerprint density at radius 2 is 1.94 bits per heavy atom. The number of fused-ring (bicyclic) bond motifs is 2. The molecule has 0 amide bonds. The van der Waals surface area contributed by atoms with Crippen molar-refractivity contribution in [3.63, 3.8) is 0 Å². The molecule has 0 N–H and O–H groups in total. The van der Waals surface area contributed by atoms with Crippen molar-refractivity contribution in [2.75, 3.05) is 18.0 Å². The highest BCUT2D eigenvalue weighted by molar-refractivity contribution is 5.88. The maximum atomic E-state index is 12.9. The number of anilines is 1. The zero-order chi connectivity index (χ0) is 25.4. The number of nitrogens with zero attached hydrogens (tertiary/aromatic N) is 8. The summed E-state index contributed by atoms with van der Waals surface area (Å²) in [7, 11) is 1.75. The van der Waals surface area contributed by atoms with E-state index in [1.807, 2.05) is 18.5 Å². The standard InChI is InChI=1S/C27H32N8O/c1-5-21-16-35(24-12-26(36)32(4)25-17-33(10-8-28)31-27(24)25)22(6-2)15-34(21)18(3)23-11-20-13-29-9-7-19(20)14-30-23/h7,9,11-14,17-18,21-22H,5-6,10,15-16H2,1-4H3/t18?,21-,22+/m1/s1. The van der Waals surface area contributed by atoms with Crippen molar-refractivity contribution in [3.8, 4) is 6.07 Å². The molecule has 9 nitrogen and oxygen atoms in total. The Labute approximate surface area is 210 Å². The van der Waals surface area contributed by atoms with Crippen molar-refractivity contribution < 1.29 is 0 Å². The van der Waals surface area contributed by atoms with Crippen LogP contribution in [0.15, 0.2) is 47.8 Å². The summed E-state index contributed by atoms with van der Waals surface area (Å²) in [6.07, 6.45) is 9.33. The van der Waals surface area contributed by atoms with E-state index in [0.717, 1.165) is 59.1 Å². The summed E-state index contributed by atoms with van der Waals surface area (Å²) in [6, 6.07) is 8.64. The Kier molecular flexibility index (Phi) is 6.46. The molecule has 1 aliphatic heterocycles. The third-order valence-corrected chi connectivity index (χ3v) is 7.63. The number of aromatic nitrogens is 5. The first-order valence-electron chi connectivity index (χ1n) is 12.6. The SMILES string of the molecule is CC[C@H]1CN(C(C)c2cc3cnccc3cn2)[C@H](CC)CN1c1cc(=O)n(C)c2cn(CC#N)nc12. The molecule has 1 fully saturated rings. The molecule has 1 aliphatic rings. The zero-order valence-electron chi connectivity index (χ0n) is 21.3. The zero-order valence-corrected chi connectivity index (χ0v) is 21.3. The number of piperazine rings is 1. The van der Waals surface area contributed by atoms with Crippen LogP contribution in [0.5, 0.6) is 0 Å². The molecular formula is C27H32N8O. The van der Waals surface area contributed by atoms with Crippen LogP contribution in [-0.4, -0.2) is 54.4 Å². The predicted molar refractivity (Wildman–Crippen MR) is 141 cm³/mol. The van der Waals surface area contributed by atoms with Crippen LogP contribution in [0.1, 0.15) is 45.3 Å². The lowest BCUT2D eigenvalue weighted by molar-refractivity contribution is 0.0992. The van der Waals surface area contributed by atoms with Gasteiger partial charge in [-0.1, -0.05) is 13.8 Å². The molecule has 4 aromatic heterocycles. The largest absolute Gasteiger partial charge is 0.364 e. The molecule has 0 spiro atoms.